The minimum atomic E-state index is -4.36. The number of alkyl halides is 3. The third kappa shape index (κ3) is 3.32. The Morgan fingerprint density at radius 3 is 2.46 bits per heavy atom. The fourth-order valence-corrected chi connectivity index (χ4v) is 2.67. The maximum atomic E-state index is 12.6. The Kier molecular flexibility index (Phi) is 4.13. The third-order valence-corrected chi connectivity index (χ3v) is 3.94. The van der Waals surface area contributed by atoms with Gasteiger partial charge in [-0.3, -0.25) is 4.79 Å². The van der Waals surface area contributed by atoms with Gasteiger partial charge >= 0.3 is 6.18 Å². The molecule has 3 aromatic rings. The lowest BCUT2D eigenvalue weighted by atomic mass is 10.0. The van der Waals surface area contributed by atoms with Gasteiger partial charge in [-0.05, 0) is 36.2 Å². The van der Waals surface area contributed by atoms with E-state index in [1.807, 2.05) is 23.5 Å². The van der Waals surface area contributed by atoms with Crippen molar-refractivity contribution in [2.45, 2.75) is 25.9 Å². The normalized spacial score (nSPS) is 11.8. The number of fused-ring (bicyclic) bond motifs is 1. The van der Waals surface area contributed by atoms with Gasteiger partial charge in [-0.2, -0.15) is 13.2 Å². The molecule has 124 valence electrons. The summed E-state index contributed by atoms with van der Waals surface area (Å²) in [4.78, 5) is 16.5. The second-order valence-electron chi connectivity index (χ2n) is 5.71. The molecule has 0 saturated heterocycles. The first-order valence-corrected chi connectivity index (χ1v) is 7.44. The zero-order valence-electron chi connectivity index (χ0n) is 13.0. The topological polar surface area (TPSA) is 34.4 Å². The molecule has 6 heteroatoms. The molecule has 3 nitrogen and oxygen atoms in total. The number of benzene rings is 1. The molecule has 0 aliphatic heterocycles. The summed E-state index contributed by atoms with van der Waals surface area (Å²) in [5.41, 5.74) is 2.45. The van der Waals surface area contributed by atoms with Crippen LogP contribution in [0.2, 0.25) is 0 Å². The number of carbonyl (C=O) groups excluding carboxylic acids is 1. The molecule has 0 fully saturated rings. The number of rotatable bonds is 4. The molecule has 0 spiro atoms. The molecule has 0 saturated carbocycles. The molecule has 1 aromatic carbocycles. The second-order valence-corrected chi connectivity index (χ2v) is 5.71. The summed E-state index contributed by atoms with van der Waals surface area (Å²) in [6.45, 7) is 1.92. The molecule has 0 N–H and O–H groups in total. The number of hydrogen-bond acceptors (Lipinski definition) is 2. The second kappa shape index (κ2) is 6.11. The van der Waals surface area contributed by atoms with Gasteiger partial charge in [0.1, 0.15) is 11.4 Å². The van der Waals surface area contributed by atoms with Crippen LogP contribution in [0.5, 0.6) is 0 Å². The molecule has 2 aromatic heterocycles. The first-order chi connectivity index (χ1) is 11.3. The van der Waals surface area contributed by atoms with Crippen LogP contribution in [-0.2, 0) is 23.8 Å². The van der Waals surface area contributed by atoms with Crippen molar-refractivity contribution in [3.05, 3.63) is 71.2 Å². The zero-order chi connectivity index (χ0) is 17.3. The van der Waals surface area contributed by atoms with E-state index in [9.17, 15) is 18.0 Å². The predicted molar refractivity (Wildman–Crippen MR) is 83.8 cm³/mol. The summed E-state index contributed by atoms with van der Waals surface area (Å²) in [7, 11) is 0. The van der Waals surface area contributed by atoms with Gasteiger partial charge < -0.3 is 4.40 Å². The van der Waals surface area contributed by atoms with Gasteiger partial charge in [0.25, 0.3) is 0 Å². The van der Waals surface area contributed by atoms with Crippen LogP contribution in [0.15, 0.2) is 48.8 Å². The molecule has 0 bridgehead atoms. The van der Waals surface area contributed by atoms with Crippen LogP contribution in [0.3, 0.4) is 0 Å². The number of ketones is 1. The van der Waals surface area contributed by atoms with E-state index in [1.165, 1.54) is 12.1 Å². The van der Waals surface area contributed by atoms with E-state index in [2.05, 4.69) is 4.98 Å². The molecule has 2 heterocycles. The van der Waals surface area contributed by atoms with Crippen LogP contribution < -0.4 is 0 Å². The van der Waals surface area contributed by atoms with E-state index in [-0.39, 0.29) is 18.6 Å². The average molecular weight is 332 g/mol. The molecular formula is C18H15F3N2O. The highest BCUT2D eigenvalue weighted by atomic mass is 19.4. The lowest BCUT2D eigenvalue weighted by Gasteiger charge is -2.10. The molecule has 0 atom stereocenters. The van der Waals surface area contributed by atoms with Crippen LogP contribution in [0, 0.1) is 6.92 Å². The Morgan fingerprint density at radius 2 is 1.79 bits per heavy atom. The Morgan fingerprint density at radius 1 is 1.08 bits per heavy atom. The van der Waals surface area contributed by atoms with Gasteiger partial charge in [0.2, 0.25) is 0 Å². The van der Waals surface area contributed by atoms with E-state index in [0.29, 0.717) is 5.56 Å². The Labute approximate surface area is 136 Å². The van der Waals surface area contributed by atoms with E-state index in [0.717, 1.165) is 29.0 Å². The summed E-state index contributed by atoms with van der Waals surface area (Å²) in [5.74, 6) is -0.0564. The largest absolute Gasteiger partial charge is 0.416 e. The molecule has 0 radical (unpaired) electrons. The van der Waals surface area contributed by atoms with Crippen molar-refractivity contribution in [3.8, 4) is 0 Å². The lowest BCUT2D eigenvalue weighted by molar-refractivity contribution is -0.137. The molecule has 0 aliphatic carbocycles. The van der Waals surface area contributed by atoms with Crippen molar-refractivity contribution in [2.24, 2.45) is 0 Å². The minimum absolute atomic E-state index is 0.0564. The summed E-state index contributed by atoms with van der Waals surface area (Å²) >= 11 is 0. The number of nitrogens with zero attached hydrogens (tertiary/aromatic N) is 2. The lowest BCUT2D eigenvalue weighted by Crippen LogP contribution is -2.11. The number of aryl methyl sites for hydroxylation is 1. The Bertz CT molecular complexity index is 879. The van der Waals surface area contributed by atoms with Gasteiger partial charge in [0, 0.05) is 30.9 Å². The first kappa shape index (κ1) is 16.2. The average Bonchev–Trinajstić information content (AvgIpc) is 2.98. The summed E-state index contributed by atoms with van der Waals surface area (Å²) in [6.07, 6.45) is -0.596. The van der Waals surface area contributed by atoms with Crippen molar-refractivity contribution >= 4 is 11.4 Å². The van der Waals surface area contributed by atoms with Gasteiger partial charge in [-0.15, -0.1) is 0 Å². The molecule has 0 unspecified atom stereocenters. The highest BCUT2D eigenvalue weighted by molar-refractivity contribution is 5.83. The Hall–Kier alpha value is -2.63. The summed E-state index contributed by atoms with van der Waals surface area (Å²) in [5, 5.41) is 0. The molecule has 3 rings (SSSR count). The van der Waals surface area contributed by atoms with Crippen LogP contribution in [0.25, 0.3) is 5.65 Å². The molecule has 24 heavy (non-hydrogen) atoms. The first-order valence-electron chi connectivity index (χ1n) is 7.44. The van der Waals surface area contributed by atoms with Crippen molar-refractivity contribution in [1.82, 2.24) is 9.38 Å². The number of halogens is 3. The SMILES string of the molecule is Cc1ccc2nccn2c1CC(=O)Cc1ccc(C(F)(F)F)cc1. The number of hydrogen-bond donors (Lipinski definition) is 0. The van der Waals surface area contributed by atoms with E-state index >= 15 is 0 Å². The quantitative estimate of drug-likeness (QED) is 0.723. The number of carbonyl (C=O) groups is 1. The maximum Gasteiger partial charge on any atom is 0.416 e. The van der Waals surface area contributed by atoms with Crippen molar-refractivity contribution in [3.63, 3.8) is 0 Å². The van der Waals surface area contributed by atoms with E-state index < -0.39 is 11.7 Å². The standard InChI is InChI=1S/C18H15F3N2O/c1-12-2-7-17-22-8-9-23(17)16(12)11-15(24)10-13-3-5-14(6-4-13)18(19,20)21/h2-9H,10-11H2,1H3. The van der Waals surface area contributed by atoms with Gasteiger partial charge in [-0.1, -0.05) is 18.2 Å². The van der Waals surface area contributed by atoms with Crippen LogP contribution >= 0.6 is 0 Å². The zero-order valence-corrected chi connectivity index (χ0v) is 13.0. The number of aromatic nitrogens is 2. The van der Waals surface area contributed by atoms with Gasteiger partial charge in [0.15, 0.2) is 0 Å². The van der Waals surface area contributed by atoms with Crippen LogP contribution in [0.1, 0.15) is 22.4 Å². The third-order valence-electron chi connectivity index (χ3n) is 3.94. The van der Waals surface area contributed by atoms with Crippen LogP contribution in [-0.4, -0.2) is 15.2 Å². The number of Topliss-reactive ketones (excluding diaryl/α,β-unsaturated/α-hetero) is 1. The Balaban J connectivity index is 1.76. The van der Waals surface area contributed by atoms with Gasteiger partial charge in [-0.25, -0.2) is 4.98 Å². The van der Waals surface area contributed by atoms with Gasteiger partial charge in [0.05, 0.1) is 5.56 Å². The minimum Gasteiger partial charge on any atom is -0.303 e. The fourth-order valence-electron chi connectivity index (χ4n) is 2.67. The number of imidazole rings is 1. The van der Waals surface area contributed by atoms with Crippen LogP contribution in [0.4, 0.5) is 13.2 Å². The molecular weight excluding hydrogens is 317 g/mol. The number of pyridine rings is 1. The van der Waals surface area contributed by atoms with E-state index in [4.69, 9.17) is 0 Å². The molecule has 0 aliphatic rings. The maximum absolute atomic E-state index is 12.6. The van der Waals surface area contributed by atoms with Crippen molar-refractivity contribution in [1.29, 1.82) is 0 Å². The smallest absolute Gasteiger partial charge is 0.303 e. The van der Waals surface area contributed by atoms with Crippen molar-refractivity contribution < 1.29 is 18.0 Å². The highest BCUT2D eigenvalue weighted by Gasteiger charge is 2.29. The predicted octanol–water partition coefficient (Wildman–Crippen LogP) is 4.02. The summed E-state index contributed by atoms with van der Waals surface area (Å²) < 4.78 is 39.5. The monoisotopic (exact) mass is 332 g/mol. The highest BCUT2D eigenvalue weighted by Crippen LogP contribution is 2.29. The summed E-state index contributed by atoms with van der Waals surface area (Å²) in [6, 6.07) is 8.49. The van der Waals surface area contributed by atoms with E-state index in [1.54, 1.807) is 12.4 Å². The molecule has 0 amide bonds. The van der Waals surface area contributed by atoms with Crippen molar-refractivity contribution in [2.75, 3.05) is 0 Å². The fraction of sp³-hybridized carbons (Fsp3) is 0.222.